The third-order valence-electron chi connectivity index (χ3n) is 4.67. The van der Waals surface area contributed by atoms with Crippen LogP contribution in [0.4, 0.5) is 11.4 Å². The molecule has 1 fully saturated rings. The molecule has 1 aliphatic heterocycles. The molecule has 0 saturated carbocycles. The van der Waals surface area contributed by atoms with Gasteiger partial charge in [0.2, 0.25) is 0 Å². The Morgan fingerprint density at radius 2 is 1.77 bits per heavy atom. The van der Waals surface area contributed by atoms with Crippen molar-refractivity contribution in [3.05, 3.63) is 53.6 Å². The average molecular weight is 375 g/mol. The molecule has 1 aliphatic rings. The number of quaternary nitrogens is 1. The second-order valence-corrected chi connectivity index (χ2v) is 6.86. The number of ether oxygens (including phenoxy) is 1. The summed E-state index contributed by atoms with van der Waals surface area (Å²) in [7, 11) is 0. The van der Waals surface area contributed by atoms with Gasteiger partial charge >= 0.3 is 0 Å². The third kappa shape index (κ3) is 5.13. The molecule has 0 unspecified atom stereocenters. The van der Waals surface area contributed by atoms with Gasteiger partial charge in [0, 0.05) is 16.4 Å². The van der Waals surface area contributed by atoms with Crippen LogP contribution in [0.1, 0.15) is 6.92 Å². The van der Waals surface area contributed by atoms with E-state index in [4.69, 9.17) is 16.3 Å². The summed E-state index contributed by atoms with van der Waals surface area (Å²) in [6.45, 7) is 7.89. The number of carbonyl (C=O) groups excluding carboxylic acids is 1. The maximum absolute atomic E-state index is 12.0. The minimum atomic E-state index is -0.187. The second-order valence-electron chi connectivity index (χ2n) is 6.43. The van der Waals surface area contributed by atoms with Gasteiger partial charge in [-0.3, -0.25) is 4.79 Å². The van der Waals surface area contributed by atoms with Crippen LogP contribution in [0.25, 0.3) is 0 Å². The Hall–Kier alpha value is -2.24. The van der Waals surface area contributed by atoms with Crippen LogP contribution in [0.3, 0.4) is 0 Å². The molecule has 138 valence electrons. The smallest absolute Gasteiger partial charge is 0.262 e. The first-order valence-corrected chi connectivity index (χ1v) is 9.38. The van der Waals surface area contributed by atoms with Crippen molar-refractivity contribution in [3.8, 4) is 5.75 Å². The number of halogens is 1. The molecule has 2 aromatic carbocycles. The van der Waals surface area contributed by atoms with Crippen molar-refractivity contribution in [1.82, 2.24) is 0 Å². The van der Waals surface area contributed by atoms with Crippen molar-refractivity contribution < 1.29 is 14.4 Å². The fraction of sp³-hybridized carbons (Fsp3) is 0.350. The van der Waals surface area contributed by atoms with E-state index in [9.17, 15) is 4.79 Å². The van der Waals surface area contributed by atoms with Crippen LogP contribution < -0.4 is 19.9 Å². The minimum absolute atomic E-state index is 0.0366. The van der Waals surface area contributed by atoms with Crippen LogP contribution in [0.5, 0.6) is 5.75 Å². The van der Waals surface area contributed by atoms with Crippen LogP contribution in [-0.2, 0) is 4.79 Å². The average Bonchev–Trinajstić information content (AvgIpc) is 2.68. The van der Waals surface area contributed by atoms with Crippen molar-refractivity contribution in [2.45, 2.75) is 6.92 Å². The molecular weight excluding hydrogens is 350 g/mol. The number of carbonyl (C=O) groups is 1. The standard InChI is InChI=1S/C20H24ClN3O2/c1-2-23-11-13-24(14-12-23)18-7-5-17(6-8-18)22-20(25)15-26-19-9-3-16(21)4-10-19/h3-10H,2,11-15H2,1H3,(H,22,25)/p+1. The van der Waals surface area contributed by atoms with E-state index in [1.165, 1.54) is 25.3 Å². The Labute approximate surface area is 159 Å². The van der Waals surface area contributed by atoms with Crippen LogP contribution in [-0.4, -0.2) is 45.2 Å². The molecule has 0 aliphatic carbocycles. The summed E-state index contributed by atoms with van der Waals surface area (Å²) >= 11 is 5.83. The topological polar surface area (TPSA) is 46.0 Å². The Bertz CT molecular complexity index is 711. The highest BCUT2D eigenvalue weighted by atomic mass is 35.5. The number of rotatable bonds is 6. The lowest BCUT2D eigenvalue weighted by molar-refractivity contribution is -0.898. The van der Waals surface area contributed by atoms with Gasteiger partial charge in [-0.15, -0.1) is 0 Å². The highest BCUT2D eigenvalue weighted by Crippen LogP contribution is 2.18. The first-order chi connectivity index (χ1) is 12.6. The van der Waals surface area contributed by atoms with Gasteiger partial charge in [-0.25, -0.2) is 0 Å². The largest absolute Gasteiger partial charge is 0.484 e. The SMILES string of the molecule is CC[NH+]1CCN(c2ccc(NC(=O)COc3ccc(Cl)cc3)cc2)CC1. The fourth-order valence-corrected chi connectivity index (χ4v) is 3.19. The number of likely N-dealkylation sites (N-methyl/N-ethyl adjacent to an activating group) is 1. The van der Waals surface area contributed by atoms with Crippen molar-refractivity contribution in [1.29, 1.82) is 0 Å². The molecule has 3 rings (SSSR count). The number of hydrogen-bond acceptors (Lipinski definition) is 3. The maximum atomic E-state index is 12.0. The quantitative estimate of drug-likeness (QED) is 0.813. The minimum Gasteiger partial charge on any atom is -0.484 e. The van der Waals surface area contributed by atoms with Gasteiger partial charge in [0.25, 0.3) is 5.91 Å². The van der Waals surface area contributed by atoms with Gasteiger partial charge in [0.05, 0.1) is 32.7 Å². The number of benzene rings is 2. The summed E-state index contributed by atoms with van der Waals surface area (Å²) in [4.78, 5) is 16.1. The fourth-order valence-electron chi connectivity index (χ4n) is 3.07. The predicted octanol–water partition coefficient (Wildman–Crippen LogP) is 2.08. The van der Waals surface area contributed by atoms with E-state index in [2.05, 4.69) is 29.3 Å². The first-order valence-electron chi connectivity index (χ1n) is 9.01. The molecular formula is C20H25ClN3O2+. The molecule has 2 aromatic rings. The summed E-state index contributed by atoms with van der Waals surface area (Å²) in [5.41, 5.74) is 1.98. The van der Waals surface area contributed by atoms with Gasteiger partial charge in [-0.2, -0.15) is 0 Å². The Morgan fingerprint density at radius 3 is 2.38 bits per heavy atom. The number of piperazine rings is 1. The molecule has 2 N–H and O–H groups in total. The van der Waals surface area contributed by atoms with Gasteiger partial charge in [0.15, 0.2) is 6.61 Å². The van der Waals surface area contributed by atoms with Crippen LogP contribution in [0, 0.1) is 0 Å². The summed E-state index contributed by atoms with van der Waals surface area (Å²) in [5, 5.41) is 3.50. The molecule has 26 heavy (non-hydrogen) atoms. The zero-order valence-electron chi connectivity index (χ0n) is 15.0. The molecule has 1 saturated heterocycles. The molecule has 0 bridgehead atoms. The van der Waals surface area contributed by atoms with Crippen LogP contribution in [0.15, 0.2) is 48.5 Å². The zero-order chi connectivity index (χ0) is 18.4. The van der Waals surface area contributed by atoms with Crippen molar-refractivity contribution in [3.63, 3.8) is 0 Å². The molecule has 6 heteroatoms. The van der Waals surface area contributed by atoms with E-state index in [1.54, 1.807) is 29.2 Å². The summed E-state index contributed by atoms with van der Waals surface area (Å²) in [6.07, 6.45) is 0. The summed E-state index contributed by atoms with van der Waals surface area (Å²) in [6, 6.07) is 14.9. The number of hydrogen-bond donors (Lipinski definition) is 2. The van der Waals surface area contributed by atoms with E-state index in [-0.39, 0.29) is 12.5 Å². The number of anilines is 2. The second kappa shape index (κ2) is 8.92. The molecule has 0 aromatic heterocycles. The molecule has 5 nitrogen and oxygen atoms in total. The molecule has 1 heterocycles. The van der Waals surface area contributed by atoms with Gasteiger partial charge < -0.3 is 19.9 Å². The highest BCUT2D eigenvalue weighted by Gasteiger charge is 2.18. The van der Waals surface area contributed by atoms with E-state index in [0.29, 0.717) is 10.8 Å². The van der Waals surface area contributed by atoms with Gasteiger partial charge in [-0.1, -0.05) is 11.6 Å². The van der Waals surface area contributed by atoms with Crippen LogP contribution >= 0.6 is 11.6 Å². The lowest BCUT2D eigenvalue weighted by Gasteiger charge is -2.33. The Balaban J connectivity index is 1.47. The Morgan fingerprint density at radius 1 is 1.12 bits per heavy atom. The summed E-state index contributed by atoms with van der Waals surface area (Å²) < 4.78 is 5.45. The predicted molar refractivity (Wildman–Crippen MR) is 105 cm³/mol. The zero-order valence-corrected chi connectivity index (χ0v) is 15.8. The third-order valence-corrected chi connectivity index (χ3v) is 4.92. The normalized spacial score (nSPS) is 14.9. The van der Waals surface area contributed by atoms with Crippen molar-refractivity contribution >= 4 is 28.9 Å². The van der Waals surface area contributed by atoms with E-state index >= 15 is 0 Å². The van der Waals surface area contributed by atoms with Gasteiger partial charge in [0.1, 0.15) is 5.75 Å². The first kappa shape index (κ1) is 18.5. The lowest BCUT2D eigenvalue weighted by atomic mass is 10.2. The molecule has 0 spiro atoms. The van der Waals surface area contributed by atoms with E-state index in [0.717, 1.165) is 18.8 Å². The van der Waals surface area contributed by atoms with E-state index < -0.39 is 0 Å². The maximum Gasteiger partial charge on any atom is 0.262 e. The van der Waals surface area contributed by atoms with E-state index in [1.807, 2.05) is 12.1 Å². The van der Waals surface area contributed by atoms with Crippen molar-refractivity contribution in [2.75, 3.05) is 49.5 Å². The number of nitrogens with zero attached hydrogens (tertiary/aromatic N) is 1. The lowest BCUT2D eigenvalue weighted by Crippen LogP contribution is -3.14. The number of nitrogens with one attached hydrogen (secondary N) is 2. The van der Waals surface area contributed by atoms with Gasteiger partial charge in [-0.05, 0) is 55.5 Å². The number of amides is 1. The monoisotopic (exact) mass is 374 g/mol. The van der Waals surface area contributed by atoms with Crippen molar-refractivity contribution in [2.24, 2.45) is 0 Å². The Kier molecular flexibility index (Phi) is 6.36. The summed E-state index contributed by atoms with van der Waals surface area (Å²) in [5.74, 6) is 0.432. The highest BCUT2D eigenvalue weighted by molar-refractivity contribution is 6.30. The molecule has 0 atom stereocenters. The molecule has 1 amide bonds. The van der Waals surface area contributed by atoms with Crippen LogP contribution in [0.2, 0.25) is 5.02 Å². The molecule has 0 radical (unpaired) electrons.